The molecule has 0 aliphatic heterocycles. The molecule has 0 bridgehead atoms. The second-order valence-electron chi connectivity index (χ2n) is 5.67. The summed E-state index contributed by atoms with van der Waals surface area (Å²) in [7, 11) is 0. The van der Waals surface area contributed by atoms with Crippen molar-refractivity contribution in [3.05, 3.63) is 71.4 Å². The molecule has 0 spiro atoms. The summed E-state index contributed by atoms with van der Waals surface area (Å²) in [4.78, 5) is 9.08. The fourth-order valence-electron chi connectivity index (χ4n) is 3.11. The lowest BCUT2D eigenvalue weighted by Crippen LogP contribution is -2.11. The van der Waals surface area contributed by atoms with Crippen LogP contribution in [-0.4, -0.2) is 10.7 Å². The Hall–Kier alpha value is -2.55. The predicted octanol–water partition coefficient (Wildman–Crippen LogP) is 4.43. The van der Waals surface area contributed by atoms with E-state index in [1.54, 1.807) is 0 Å². The van der Waals surface area contributed by atoms with Gasteiger partial charge in [0.15, 0.2) is 0 Å². The standard InChI is InChI=1S/C19H18N2O/c1-2-7-14(8-3-1)13-22-21-18-12-6-10-16-15-9-4-5-11-17(15)20-19(16)18/h1-5,7-9,11,20H,6,10,12-13H2/b21-18-. The first-order valence-corrected chi connectivity index (χ1v) is 7.74. The van der Waals surface area contributed by atoms with Crippen LogP contribution in [0, 0.1) is 0 Å². The van der Waals surface area contributed by atoms with Gasteiger partial charge in [-0.3, -0.25) is 0 Å². The predicted molar refractivity (Wildman–Crippen MR) is 89.0 cm³/mol. The van der Waals surface area contributed by atoms with Gasteiger partial charge in [-0.2, -0.15) is 0 Å². The maximum Gasteiger partial charge on any atom is 0.142 e. The highest BCUT2D eigenvalue weighted by molar-refractivity contribution is 6.06. The Labute approximate surface area is 129 Å². The molecule has 1 heterocycles. The van der Waals surface area contributed by atoms with Crippen LogP contribution in [0.4, 0.5) is 0 Å². The highest BCUT2D eigenvalue weighted by Crippen LogP contribution is 2.29. The summed E-state index contributed by atoms with van der Waals surface area (Å²) < 4.78 is 0. The molecule has 0 unspecified atom stereocenters. The third-order valence-electron chi connectivity index (χ3n) is 4.19. The number of aryl methyl sites for hydroxylation is 1. The molecule has 3 heteroatoms. The summed E-state index contributed by atoms with van der Waals surface area (Å²) in [5.41, 5.74) is 5.89. The van der Waals surface area contributed by atoms with Gasteiger partial charge in [0, 0.05) is 10.9 Å². The minimum absolute atomic E-state index is 0.514. The van der Waals surface area contributed by atoms with Crippen molar-refractivity contribution in [2.24, 2.45) is 5.16 Å². The van der Waals surface area contributed by atoms with E-state index in [1.165, 1.54) is 16.5 Å². The zero-order valence-corrected chi connectivity index (χ0v) is 12.4. The summed E-state index contributed by atoms with van der Waals surface area (Å²) in [6.45, 7) is 0.514. The van der Waals surface area contributed by atoms with Gasteiger partial charge in [0.1, 0.15) is 12.3 Å². The van der Waals surface area contributed by atoms with Crippen molar-refractivity contribution in [3.8, 4) is 0 Å². The van der Waals surface area contributed by atoms with E-state index >= 15 is 0 Å². The molecule has 3 nitrogen and oxygen atoms in total. The van der Waals surface area contributed by atoms with Gasteiger partial charge in [0.25, 0.3) is 0 Å². The fourth-order valence-corrected chi connectivity index (χ4v) is 3.11. The highest BCUT2D eigenvalue weighted by atomic mass is 16.6. The molecule has 0 fully saturated rings. The molecule has 0 saturated carbocycles. The van der Waals surface area contributed by atoms with Gasteiger partial charge in [0.2, 0.25) is 0 Å². The van der Waals surface area contributed by atoms with Gasteiger partial charge < -0.3 is 9.82 Å². The number of benzene rings is 2. The van der Waals surface area contributed by atoms with Crippen LogP contribution in [-0.2, 0) is 17.9 Å². The number of oxime groups is 1. The average Bonchev–Trinajstić information content (AvgIpc) is 2.96. The van der Waals surface area contributed by atoms with Gasteiger partial charge in [-0.25, -0.2) is 0 Å². The summed E-state index contributed by atoms with van der Waals surface area (Å²) in [5.74, 6) is 0. The maximum atomic E-state index is 5.58. The first-order valence-electron chi connectivity index (χ1n) is 7.74. The summed E-state index contributed by atoms with van der Waals surface area (Å²) in [6, 6.07) is 18.6. The Morgan fingerprint density at radius 2 is 1.77 bits per heavy atom. The molecule has 1 aromatic heterocycles. The van der Waals surface area contributed by atoms with E-state index in [9.17, 15) is 0 Å². The third kappa shape index (κ3) is 2.39. The van der Waals surface area contributed by atoms with Crippen LogP contribution in [0.3, 0.4) is 0 Å². The van der Waals surface area contributed by atoms with E-state index in [0.29, 0.717) is 6.61 Å². The third-order valence-corrected chi connectivity index (χ3v) is 4.19. The number of hydrogen-bond acceptors (Lipinski definition) is 2. The Balaban J connectivity index is 1.60. The van der Waals surface area contributed by atoms with E-state index < -0.39 is 0 Å². The van der Waals surface area contributed by atoms with Crippen molar-refractivity contribution in [2.75, 3.05) is 0 Å². The number of hydrogen-bond donors (Lipinski definition) is 1. The molecule has 22 heavy (non-hydrogen) atoms. The zero-order chi connectivity index (χ0) is 14.8. The first kappa shape index (κ1) is 13.1. The topological polar surface area (TPSA) is 37.4 Å². The quantitative estimate of drug-likeness (QED) is 0.712. The molecular formula is C19H18N2O. The van der Waals surface area contributed by atoms with Crippen LogP contribution < -0.4 is 0 Å². The number of aromatic nitrogens is 1. The van der Waals surface area contributed by atoms with Crippen LogP contribution in [0.15, 0.2) is 59.8 Å². The molecule has 110 valence electrons. The number of rotatable bonds is 3. The number of fused-ring (bicyclic) bond motifs is 3. The van der Waals surface area contributed by atoms with Crippen LogP contribution in [0.5, 0.6) is 0 Å². The monoisotopic (exact) mass is 290 g/mol. The summed E-state index contributed by atoms with van der Waals surface area (Å²) >= 11 is 0. The molecule has 0 amide bonds. The number of nitrogens with one attached hydrogen (secondary N) is 1. The van der Waals surface area contributed by atoms with E-state index in [2.05, 4.69) is 46.5 Å². The summed E-state index contributed by atoms with van der Waals surface area (Å²) in [5, 5.41) is 5.71. The second kappa shape index (κ2) is 5.68. The Morgan fingerprint density at radius 1 is 0.955 bits per heavy atom. The van der Waals surface area contributed by atoms with Crippen molar-refractivity contribution in [1.29, 1.82) is 0 Å². The van der Waals surface area contributed by atoms with Crippen LogP contribution in [0.2, 0.25) is 0 Å². The van der Waals surface area contributed by atoms with Gasteiger partial charge in [-0.1, -0.05) is 53.7 Å². The Kier molecular flexibility index (Phi) is 3.39. The van der Waals surface area contributed by atoms with Gasteiger partial charge >= 0.3 is 0 Å². The molecule has 2 aromatic carbocycles. The van der Waals surface area contributed by atoms with Crippen molar-refractivity contribution in [1.82, 2.24) is 4.98 Å². The maximum absolute atomic E-state index is 5.58. The highest BCUT2D eigenvalue weighted by Gasteiger charge is 2.20. The first-order chi connectivity index (χ1) is 10.9. The smallest absolute Gasteiger partial charge is 0.142 e. The van der Waals surface area contributed by atoms with E-state index in [4.69, 9.17) is 4.84 Å². The van der Waals surface area contributed by atoms with E-state index in [-0.39, 0.29) is 0 Å². The minimum Gasteiger partial charge on any atom is -0.391 e. The minimum atomic E-state index is 0.514. The Bertz CT molecular complexity index is 818. The van der Waals surface area contributed by atoms with Crippen molar-refractivity contribution in [3.63, 3.8) is 0 Å². The molecule has 4 rings (SSSR count). The average molecular weight is 290 g/mol. The number of H-pyrrole nitrogens is 1. The van der Waals surface area contributed by atoms with E-state index in [0.717, 1.165) is 36.2 Å². The van der Waals surface area contributed by atoms with Gasteiger partial charge in [-0.05, 0) is 36.5 Å². The van der Waals surface area contributed by atoms with Crippen LogP contribution in [0.1, 0.15) is 29.7 Å². The fraction of sp³-hybridized carbons (Fsp3) is 0.211. The number of aromatic amines is 1. The Morgan fingerprint density at radius 3 is 2.68 bits per heavy atom. The van der Waals surface area contributed by atoms with Crippen molar-refractivity contribution in [2.45, 2.75) is 25.9 Å². The molecule has 0 radical (unpaired) electrons. The molecule has 3 aromatic rings. The lowest BCUT2D eigenvalue weighted by molar-refractivity contribution is 0.130. The molecule has 0 saturated heterocycles. The molecule has 1 N–H and O–H groups in total. The lowest BCUT2D eigenvalue weighted by atomic mass is 9.94. The zero-order valence-electron chi connectivity index (χ0n) is 12.4. The van der Waals surface area contributed by atoms with Crippen molar-refractivity contribution >= 4 is 16.6 Å². The molecule has 1 aliphatic rings. The van der Waals surface area contributed by atoms with Gasteiger partial charge in [-0.15, -0.1) is 0 Å². The van der Waals surface area contributed by atoms with Gasteiger partial charge in [0.05, 0.1) is 5.69 Å². The van der Waals surface area contributed by atoms with Crippen molar-refractivity contribution < 1.29 is 4.84 Å². The second-order valence-corrected chi connectivity index (χ2v) is 5.67. The lowest BCUT2D eigenvalue weighted by Gasteiger charge is -2.13. The largest absolute Gasteiger partial charge is 0.391 e. The molecule has 0 atom stereocenters. The normalized spacial score (nSPS) is 15.9. The van der Waals surface area contributed by atoms with Crippen LogP contribution >= 0.6 is 0 Å². The number of nitrogens with zero attached hydrogens (tertiary/aromatic N) is 1. The number of para-hydroxylation sites is 1. The SMILES string of the molecule is c1ccc(CO/N=C2/CCCc3c2[nH]c2ccccc32)cc1. The van der Waals surface area contributed by atoms with E-state index in [1.807, 2.05) is 18.2 Å². The molecule has 1 aliphatic carbocycles. The molecular weight excluding hydrogens is 272 g/mol. The van der Waals surface area contributed by atoms with Crippen LogP contribution in [0.25, 0.3) is 10.9 Å². The summed E-state index contributed by atoms with van der Waals surface area (Å²) in [6.07, 6.45) is 3.20.